The largest absolute Gasteiger partial charge is 0.311 e. The Hall–Kier alpha value is -9.44. The topological polar surface area (TPSA) is 9.72 Å². The molecule has 0 radical (unpaired) electrons. The Morgan fingerprint density at radius 1 is 0.291 bits per heavy atom. The molecule has 0 heterocycles. The van der Waals surface area contributed by atoms with E-state index < -0.39 is 0 Å². The van der Waals surface area contributed by atoms with Crippen LogP contribution in [0, 0.1) is 11.8 Å². The second-order valence-electron chi connectivity index (χ2n) is 21.6. The molecule has 3 atom stereocenters. The van der Waals surface area contributed by atoms with Crippen molar-refractivity contribution in [3.63, 3.8) is 0 Å². The molecule has 382 valence electrons. The van der Waals surface area contributed by atoms with E-state index in [4.69, 9.17) is 0 Å². The zero-order valence-electron chi connectivity index (χ0n) is 45.1. The minimum Gasteiger partial charge on any atom is -0.311 e. The molecule has 0 spiro atoms. The SMILES string of the molecule is CC1=CC2c3c(-c4ccc(N(c5ccccc5)c5ccccc5)cc4)ccc(-c4ccc(N(c5ccccc5)c5ccc(-c6ccc(-c7ccc(N(c8ccccc8)c8ccccc8)cc7)cc6)cc5)cc4)c3C1CC2C(C)C. The van der Waals surface area contributed by atoms with Crippen LogP contribution in [0.25, 0.3) is 44.5 Å². The van der Waals surface area contributed by atoms with E-state index >= 15 is 0 Å². The maximum atomic E-state index is 2.61. The first kappa shape index (κ1) is 49.2. The van der Waals surface area contributed by atoms with Crippen molar-refractivity contribution in [3.8, 4) is 44.5 Å². The van der Waals surface area contributed by atoms with Crippen molar-refractivity contribution < 1.29 is 0 Å². The maximum absolute atomic E-state index is 2.61. The van der Waals surface area contributed by atoms with Crippen LogP contribution in [0.3, 0.4) is 0 Å². The molecule has 14 rings (SSSR count). The summed E-state index contributed by atoms with van der Waals surface area (Å²) in [5.74, 6) is 1.92. The van der Waals surface area contributed by atoms with Gasteiger partial charge in [0.1, 0.15) is 0 Å². The number of allylic oxidation sites excluding steroid dienone is 2. The van der Waals surface area contributed by atoms with Crippen molar-refractivity contribution in [2.45, 2.75) is 39.0 Å². The van der Waals surface area contributed by atoms with Gasteiger partial charge in [0, 0.05) is 63.0 Å². The van der Waals surface area contributed by atoms with Crippen molar-refractivity contribution in [3.05, 3.63) is 308 Å². The van der Waals surface area contributed by atoms with E-state index in [0.717, 1.165) is 51.2 Å². The molecule has 0 aromatic heterocycles. The smallest absolute Gasteiger partial charge is 0.0462 e. The normalized spacial score (nSPS) is 15.3. The lowest BCUT2D eigenvalue weighted by Crippen LogP contribution is -2.32. The van der Waals surface area contributed by atoms with Gasteiger partial charge in [-0.25, -0.2) is 0 Å². The number of rotatable bonds is 14. The average molecular weight is 1020 g/mol. The summed E-state index contributed by atoms with van der Waals surface area (Å²) in [5, 5.41) is 0. The van der Waals surface area contributed by atoms with Gasteiger partial charge in [-0.05, 0) is 190 Å². The number of para-hydroxylation sites is 5. The fraction of sp³-hybridized carbons (Fsp3) is 0.105. The maximum Gasteiger partial charge on any atom is 0.0462 e. The van der Waals surface area contributed by atoms with Crippen LogP contribution in [0.15, 0.2) is 297 Å². The van der Waals surface area contributed by atoms with Gasteiger partial charge in [-0.2, -0.15) is 0 Å². The molecule has 0 fully saturated rings. The Labute approximate surface area is 466 Å². The molecule has 0 saturated heterocycles. The fourth-order valence-electron chi connectivity index (χ4n) is 12.6. The lowest BCUT2D eigenvalue weighted by Gasteiger charge is -2.46. The minimum atomic E-state index is 0.364. The summed E-state index contributed by atoms with van der Waals surface area (Å²) >= 11 is 0. The zero-order chi connectivity index (χ0) is 53.2. The standard InChI is InChI=1S/C76H63N3/c1-53(2)72-52-73-54(3)51-74(72)76-71(60-39-45-68(46-40-60)78(63-23-13-6-14-24-63)64-25-15-7-16-26-64)50-49-70(75(73)76)59-37-47-69(48-38-59)79(65-27-17-8-18-28-65)67-43-35-58(36-44-67)56-31-29-55(30-32-56)57-33-41-66(42-34-57)77(61-19-9-4-10-20-61)62-21-11-5-12-22-62/h4-51,53,72-74H,52H2,1-3H3. The first-order valence-corrected chi connectivity index (χ1v) is 28.0. The number of benzene rings is 11. The summed E-state index contributed by atoms with van der Waals surface area (Å²) in [6.07, 6.45) is 3.80. The molecule has 0 aliphatic heterocycles. The highest BCUT2D eigenvalue weighted by Crippen LogP contribution is 2.58. The van der Waals surface area contributed by atoms with E-state index in [0.29, 0.717) is 23.7 Å². The molecule has 3 nitrogen and oxygen atoms in total. The number of hydrogen-bond acceptors (Lipinski definition) is 3. The van der Waals surface area contributed by atoms with Crippen LogP contribution in [0.1, 0.15) is 50.2 Å². The Morgan fingerprint density at radius 2 is 0.544 bits per heavy atom. The van der Waals surface area contributed by atoms with Crippen LogP contribution in [-0.4, -0.2) is 0 Å². The summed E-state index contributed by atoms with van der Waals surface area (Å²) in [5.41, 5.74) is 24.7. The summed E-state index contributed by atoms with van der Waals surface area (Å²) in [7, 11) is 0. The van der Waals surface area contributed by atoms with Crippen LogP contribution < -0.4 is 14.7 Å². The van der Waals surface area contributed by atoms with E-state index in [2.05, 4.69) is 327 Å². The molecule has 3 aliphatic rings. The molecule has 0 saturated carbocycles. The summed E-state index contributed by atoms with van der Waals surface area (Å²) < 4.78 is 0. The van der Waals surface area contributed by atoms with Gasteiger partial charge in [0.2, 0.25) is 0 Å². The third-order valence-corrected chi connectivity index (χ3v) is 16.5. The Morgan fingerprint density at radius 3 is 0.835 bits per heavy atom. The van der Waals surface area contributed by atoms with E-state index in [1.165, 1.54) is 67.6 Å². The Balaban J connectivity index is 0.786. The van der Waals surface area contributed by atoms with Gasteiger partial charge in [-0.15, -0.1) is 0 Å². The van der Waals surface area contributed by atoms with Gasteiger partial charge in [0.05, 0.1) is 0 Å². The van der Waals surface area contributed by atoms with Gasteiger partial charge in [0.15, 0.2) is 0 Å². The third-order valence-electron chi connectivity index (χ3n) is 16.5. The second-order valence-corrected chi connectivity index (χ2v) is 21.6. The van der Waals surface area contributed by atoms with E-state index in [9.17, 15) is 0 Å². The molecule has 79 heavy (non-hydrogen) atoms. The highest BCUT2D eigenvalue weighted by molar-refractivity contribution is 5.86. The molecular formula is C76H63N3. The molecule has 2 bridgehead atoms. The zero-order valence-corrected chi connectivity index (χ0v) is 45.1. The molecule has 0 N–H and O–H groups in total. The second kappa shape index (κ2) is 21.5. The van der Waals surface area contributed by atoms with Crippen LogP contribution >= 0.6 is 0 Å². The van der Waals surface area contributed by atoms with Crippen LogP contribution in [0.2, 0.25) is 0 Å². The highest BCUT2D eigenvalue weighted by atomic mass is 15.2. The van der Waals surface area contributed by atoms with Gasteiger partial charge in [0.25, 0.3) is 0 Å². The van der Waals surface area contributed by atoms with Crippen LogP contribution in [-0.2, 0) is 0 Å². The lowest BCUT2D eigenvalue weighted by molar-refractivity contribution is 0.281. The molecule has 0 amide bonds. The molecule has 11 aromatic rings. The number of hydrogen-bond donors (Lipinski definition) is 0. The quantitative estimate of drug-likeness (QED) is 0.101. The number of fused-ring (bicyclic) bond motifs is 1. The Bertz CT molecular complexity index is 3780. The third kappa shape index (κ3) is 9.63. The van der Waals surface area contributed by atoms with Gasteiger partial charge >= 0.3 is 0 Å². The van der Waals surface area contributed by atoms with Gasteiger partial charge in [-0.3, -0.25) is 0 Å². The van der Waals surface area contributed by atoms with Crippen molar-refractivity contribution in [2.24, 2.45) is 11.8 Å². The summed E-state index contributed by atoms with van der Waals surface area (Å²) in [4.78, 5) is 7.01. The molecule has 3 heteroatoms. The number of nitrogens with zero attached hydrogens (tertiary/aromatic N) is 3. The highest BCUT2D eigenvalue weighted by Gasteiger charge is 2.43. The minimum absolute atomic E-state index is 0.364. The van der Waals surface area contributed by atoms with Crippen molar-refractivity contribution in [2.75, 3.05) is 14.7 Å². The molecule has 3 aliphatic carbocycles. The summed E-state index contributed by atoms with van der Waals surface area (Å²) in [6, 6.07) is 104. The van der Waals surface area contributed by atoms with E-state index in [-0.39, 0.29) is 0 Å². The van der Waals surface area contributed by atoms with Gasteiger partial charge < -0.3 is 14.7 Å². The average Bonchev–Trinajstić information content (AvgIpc) is 3.63. The molecule has 3 unspecified atom stereocenters. The van der Waals surface area contributed by atoms with Crippen LogP contribution in [0.5, 0.6) is 0 Å². The van der Waals surface area contributed by atoms with Crippen molar-refractivity contribution in [1.82, 2.24) is 0 Å². The predicted molar refractivity (Wildman–Crippen MR) is 334 cm³/mol. The fourth-order valence-corrected chi connectivity index (χ4v) is 12.6. The lowest BCUT2D eigenvalue weighted by atomic mass is 9.58. The monoisotopic (exact) mass is 1020 g/mol. The summed E-state index contributed by atoms with van der Waals surface area (Å²) in [6.45, 7) is 7.21. The van der Waals surface area contributed by atoms with Gasteiger partial charge in [-0.1, -0.05) is 201 Å². The van der Waals surface area contributed by atoms with Crippen molar-refractivity contribution >= 4 is 51.2 Å². The Kier molecular flexibility index (Phi) is 13.4. The number of anilines is 9. The van der Waals surface area contributed by atoms with Crippen molar-refractivity contribution in [1.29, 1.82) is 0 Å². The van der Waals surface area contributed by atoms with Crippen LogP contribution in [0.4, 0.5) is 51.2 Å². The molecule has 11 aromatic carbocycles. The molecular weight excluding hydrogens is 955 g/mol. The first-order valence-electron chi connectivity index (χ1n) is 28.0. The van der Waals surface area contributed by atoms with E-state index in [1.54, 1.807) is 0 Å². The van der Waals surface area contributed by atoms with E-state index in [1.807, 2.05) is 0 Å². The predicted octanol–water partition coefficient (Wildman–Crippen LogP) is 21.6. The first-order chi connectivity index (χ1) is 38.9.